The fraction of sp³-hybridized carbons (Fsp3) is 0.136. The molecule has 0 aliphatic carbocycles. The van der Waals surface area contributed by atoms with Crippen LogP contribution in [0.25, 0.3) is 11.1 Å². The average molecular weight is 455 g/mol. The Kier molecular flexibility index (Phi) is 6.17. The van der Waals surface area contributed by atoms with E-state index in [0.29, 0.717) is 16.8 Å². The molecule has 32 heavy (non-hydrogen) atoms. The summed E-state index contributed by atoms with van der Waals surface area (Å²) in [6.07, 6.45) is 1.06. The number of hydrogen-bond acceptors (Lipinski definition) is 6. The molecule has 0 radical (unpaired) electrons. The molecule has 1 aliphatic rings. The van der Waals surface area contributed by atoms with Gasteiger partial charge in [0.2, 0.25) is 10.0 Å². The molecule has 2 aromatic carbocycles. The number of ether oxygens (including phenoxy) is 1. The molecule has 0 fully saturated rings. The Morgan fingerprint density at radius 3 is 2.28 bits per heavy atom. The third-order valence-electron chi connectivity index (χ3n) is 4.75. The maximum absolute atomic E-state index is 12.9. The van der Waals surface area contributed by atoms with Crippen molar-refractivity contribution in [3.8, 4) is 11.1 Å². The molecule has 2 N–H and O–H groups in total. The first-order valence-corrected chi connectivity index (χ1v) is 11.2. The molecular weight excluding hydrogens is 434 g/mol. The molecule has 0 unspecified atom stereocenters. The molecule has 166 valence electrons. The first kappa shape index (κ1) is 22.8. The van der Waals surface area contributed by atoms with E-state index in [2.05, 4.69) is 27.9 Å². The van der Waals surface area contributed by atoms with Crippen LogP contribution in [0, 0.1) is 0 Å². The summed E-state index contributed by atoms with van der Waals surface area (Å²) in [6, 6.07) is 11.9. The van der Waals surface area contributed by atoms with Gasteiger partial charge < -0.3 is 10.1 Å². The molecule has 0 aromatic heterocycles. The van der Waals surface area contributed by atoms with E-state index in [1.807, 2.05) is 6.07 Å². The third kappa shape index (κ3) is 4.70. The van der Waals surface area contributed by atoms with Gasteiger partial charge in [-0.2, -0.15) is 0 Å². The normalized spacial score (nSPS) is 12.7. The minimum atomic E-state index is -3.40. The summed E-state index contributed by atoms with van der Waals surface area (Å²) in [4.78, 5) is 38.0. The van der Waals surface area contributed by atoms with Crippen LogP contribution >= 0.6 is 0 Å². The number of rotatable bonds is 7. The summed E-state index contributed by atoms with van der Waals surface area (Å²) in [6.45, 7) is 7.22. The number of nitrogens with zero attached hydrogens (tertiary/aromatic N) is 1. The van der Waals surface area contributed by atoms with E-state index in [1.54, 1.807) is 36.4 Å². The average Bonchev–Trinajstić information content (AvgIpc) is 3.08. The minimum absolute atomic E-state index is 0.102. The number of carbonyl (C=O) groups excluding carboxylic acids is 3. The monoisotopic (exact) mass is 455 g/mol. The number of anilines is 1. The van der Waals surface area contributed by atoms with E-state index in [4.69, 9.17) is 0 Å². The van der Waals surface area contributed by atoms with E-state index < -0.39 is 27.8 Å². The highest BCUT2D eigenvalue weighted by Gasteiger charge is 2.33. The number of esters is 1. The number of amides is 2. The zero-order valence-corrected chi connectivity index (χ0v) is 18.3. The van der Waals surface area contributed by atoms with Crippen molar-refractivity contribution in [1.29, 1.82) is 0 Å². The lowest BCUT2D eigenvalue weighted by molar-refractivity contribution is -0.137. The topological polar surface area (TPSA) is 122 Å². The Balaban J connectivity index is 1.84. The number of fused-ring (bicyclic) bond motifs is 1. The number of methoxy groups -OCH3 is 1. The molecule has 10 heteroatoms. The fourth-order valence-electron chi connectivity index (χ4n) is 3.26. The van der Waals surface area contributed by atoms with Crippen molar-refractivity contribution in [2.45, 2.75) is 6.54 Å². The smallest absolute Gasteiger partial charge is 0.353 e. The van der Waals surface area contributed by atoms with Crippen LogP contribution < -0.4 is 10.0 Å². The summed E-state index contributed by atoms with van der Waals surface area (Å²) in [5.74, 6) is -1.96. The summed E-state index contributed by atoms with van der Waals surface area (Å²) in [5, 5.41) is 2.27. The Hall–Kier alpha value is -3.92. The molecule has 3 rings (SSSR count). The Morgan fingerprint density at radius 1 is 1.06 bits per heavy atom. The molecule has 0 atom stereocenters. The van der Waals surface area contributed by atoms with Crippen molar-refractivity contribution in [1.82, 2.24) is 10.2 Å². The van der Waals surface area contributed by atoms with E-state index in [0.717, 1.165) is 24.5 Å². The highest BCUT2D eigenvalue weighted by atomic mass is 32.2. The second kappa shape index (κ2) is 8.67. The van der Waals surface area contributed by atoms with Crippen LogP contribution in [0.2, 0.25) is 0 Å². The second-order valence-corrected chi connectivity index (χ2v) is 8.79. The van der Waals surface area contributed by atoms with Crippen molar-refractivity contribution in [3.63, 3.8) is 0 Å². The van der Waals surface area contributed by atoms with E-state index in [9.17, 15) is 22.8 Å². The van der Waals surface area contributed by atoms with Crippen LogP contribution in [0.5, 0.6) is 0 Å². The van der Waals surface area contributed by atoms with Crippen LogP contribution in [0.3, 0.4) is 0 Å². The lowest BCUT2D eigenvalue weighted by atomic mass is 9.97. The van der Waals surface area contributed by atoms with E-state index >= 15 is 0 Å². The zero-order valence-electron chi connectivity index (χ0n) is 17.5. The Bertz CT molecular complexity index is 1250. The van der Waals surface area contributed by atoms with Crippen LogP contribution in [0.1, 0.15) is 15.9 Å². The van der Waals surface area contributed by atoms with Crippen LogP contribution in [0.15, 0.2) is 67.0 Å². The summed E-state index contributed by atoms with van der Waals surface area (Å²) in [7, 11) is -2.24. The number of nitrogens with one attached hydrogen (secondary N) is 2. The predicted molar refractivity (Wildman–Crippen MR) is 119 cm³/mol. The fourth-order valence-corrected chi connectivity index (χ4v) is 3.82. The standard InChI is InChI=1S/C22H21N3O6S/c1-13(22(28)31-3)23-20(26)14(2)25-12-19-17(6-5-7-18(19)21(25)27)15-8-10-16(11-9-15)24-32(4,29)30/h5-11,24H,1-2,12H2,3-4H3,(H,23,26). The van der Waals surface area contributed by atoms with Crippen LogP contribution in [0.4, 0.5) is 5.69 Å². The Morgan fingerprint density at radius 2 is 1.69 bits per heavy atom. The van der Waals surface area contributed by atoms with Crippen molar-refractivity contribution in [2.24, 2.45) is 0 Å². The number of benzene rings is 2. The summed E-state index contributed by atoms with van der Waals surface area (Å²) < 4.78 is 29.7. The molecule has 2 aromatic rings. The molecule has 1 aliphatic heterocycles. The molecule has 2 amide bonds. The Labute approximate surface area is 185 Å². The molecular formula is C22H21N3O6S. The molecule has 0 spiro atoms. The maximum Gasteiger partial charge on any atom is 0.353 e. The zero-order chi connectivity index (χ0) is 23.6. The van der Waals surface area contributed by atoms with Crippen LogP contribution in [-0.2, 0) is 30.9 Å². The number of hydrogen-bond donors (Lipinski definition) is 2. The van der Waals surface area contributed by atoms with Gasteiger partial charge in [0, 0.05) is 11.3 Å². The summed E-state index contributed by atoms with van der Waals surface area (Å²) in [5.41, 5.74) is 2.64. The van der Waals surface area contributed by atoms with Gasteiger partial charge in [0.05, 0.1) is 19.9 Å². The second-order valence-electron chi connectivity index (χ2n) is 7.05. The van der Waals surface area contributed by atoms with Crippen molar-refractivity contribution < 1.29 is 27.5 Å². The van der Waals surface area contributed by atoms with Crippen molar-refractivity contribution in [3.05, 3.63) is 78.1 Å². The van der Waals surface area contributed by atoms with E-state index in [1.165, 1.54) is 4.90 Å². The largest absolute Gasteiger partial charge is 0.464 e. The van der Waals surface area contributed by atoms with Crippen molar-refractivity contribution >= 4 is 33.5 Å². The van der Waals surface area contributed by atoms with Gasteiger partial charge in [-0.3, -0.25) is 19.2 Å². The first-order chi connectivity index (χ1) is 15.0. The highest BCUT2D eigenvalue weighted by molar-refractivity contribution is 7.92. The van der Waals surface area contributed by atoms with Crippen LogP contribution in [-0.4, -0.2) is 44.5 Å². The van der Waals surface area contributed by atoms with E-state index in [-0.39, 0.29) is 17.9 Å². The van der Waals surface area contributed by atoms with Gasteiger partial charge in [0.25, 0.3) is 11.8 Å². The minimum Gasteiger partial charge on any atom is -0.464 e. The molecule has 1 heterocycles. The van der Waals surface area contributed by atoms with Gasteiger partial charge in [0.15, 0.2) is 0 Å². The SMILES string of the molecule is C=C(NC(=O)C(=C)N1Cc2c(cccc2-c2ccc(NS(C)(=O)=O)cc2)C1=O)C(=O)OC. The lowest BCUT2D eigenvalue weighted by Gasteiger charge is -2.18. The van der Waals surface area contributed by atoms with Gasteiger partial charge >= 0.3 is 5.97 Å². The number of sulfonamides is 1. The molecule has 0 bridgehead atoms. The maximum atomic E-state index is 12.9. The van der Waals surface area contributed by atoms with Gasteiger partial charge in [-0.05, 0) is 34.9 Å². The quantitative estimate of drug-likeness (QED) is 0.486. The van der Waals surface area contributed by atoms with Crippen molar-refractivity contribution in [2.75, 3.05) is 18.1 Å². The lowest BCUT2D eigenvalue weighted by Crippen LogP contribution is -2.36. The number of carbonyl (C=O) groups is 3. The highest BCUT2D eigenvalue weighted by Crippen LogP contribution is 2.34. The summed E-state index contributed by atoms with van der Waals surface area (Å²) >= 11 is 0. The molecule has 0 saturated heterocycles. The third-order valence-corrected chi connectivity index (χ3v) is 5.36. The first-order valence-electron chi connectivity index (χ1n) is 9.31. The van der Waals surface area contributed by atoms with Gasteiger partial charge in [-0.15, -0.1) is 0 Å². The van der Waals surface area contributed by atoms with Gasteiger partial charge in [0.1, 0.15) is 11.4 Å². The molecule has 0 saturated carbocycles. The van der Waals surface area contributed by atoms with Gasteiger partial charge in [-0.25, -0.2) is 13.2 Å². The predicted octanol–water partition coefficient (Wildman–Crippen LogP) is 2.00. The van der Waals surface area contributed by atoms with Gasteiger partial charge in [-0.1, -0.05) is 37.4 Å². The molecule has 9 nitrogen and oxygen atoms in total.